The van der Waals surface area contributed by atoms with Crippen LogP contribution >= 0.6 is 0 Å². The number of methoxy groups -OCH3 is 1. The van der Waals surface area contributed by atoms with E-state index in [4.69, 9.17) is 4.74 Å². The minimum Gasteiger partial charge on any atom is -0.383 e. The highest BCUT2D eigenvalue weighted by molar-refractivity contribution is 5.97. The fraction of sp³-hybridized carbons (Fsp3) is 0.467. The molecule has 9 nitrogen and oxygen atoms in total. The first-order valence-electron chi connectivity index (χ1n) is 7.55. The number of hydrogen-bond donors (Lipinski definition) is 3. The predicted octanol–water partition coefficient (Wildman–Crippen LogP) is 0.909. The van der Waals surface area contributed by atoms with E-state index in [-0.39, 0.29) is 23.7 Å². The Morgan fingerprint density at radius 2 is 2.00 bits per heavy atom. The highest BCUT2D eigenvalue weighted by Gasteiger charge is 2.17. The summed E-state index contributed by atoms with van der Waals surface area (Å²) in [6.45, 7) is 3.06. The zero-order chi connectivity index (χ0) is 17.9. The second-order valence-electron chi connectivity index (χ2n) is 4.94. The first-order chi connectivity index (χ1) is 11.5. The van der Waals surface area contributed by atoms with Gasteiger partial charge in [-0.25, -0.2) is 0 Å². The van der Waals surface area contributed by atoms with Gasteiger partial charge in [0.05, 0.1) is 18.1 Å². The summed E-state index contributed by atoms with van der Waals surface area (Å²) in [6.07, 6.45) is 0.795. The van der Waals surface area contributed by atoms with Crippen LogP contribution < -0.4 is 16.0 Å². The Bertz CT molecular complexity index is 591. The average Bonchev–Trinajstić information content (AvgIpc) is 2.58. The second-order valence-corrected chi connectivity index (χ2v) is 4.94. The maximum absolute atomic E-state index is 12.0. The molecule has 0 aliphatic heterocycles. The van der Waals surface area contributed by atoms with Gasteiger partial charge in [0.25, 0.3) is 11.6 Å². The van der Waals surface area contributed by atoms with Crippen molar-refractivity contribution in [1.82, 2.24) is 10.6 Å². The molecule has 0 saturated heterocycles. The van der Waals surface area contributed by atoms with Crippen LogP contribution in [0.15, 0.2) is 18.2 Å². The lowest BCUT2D eigenvalue weighted by Gasteiger charge is -2.09. The average molecular weight is 338 g/mol. The maximum atomic E-state index is 12.0. The molecule has 1 aromatic carbocycles. The van der Waals surface area contributed by atoms with Crippen LogP contribution in [0.25, 0.3) is 0 Å². The number of nitrogens with one attached hydrogen (secondary N) is 3. The minimum atomic E-state index is -0.570. The number of amides is 2. The van der Waals surface area contributed by atoms with Crippen LogP contribution in [0.5, 0.6) is 0 Å². The number of benzene rings is 1. The summed E-state index contributed by atoms with van der Waals surface area (Å²) < 4.78 is 4.87. The highest BCUT2D eigenvalue weighted by atomic mass is 16.6. The molecule has 1 aromatic rings. The molecule has 0 bridgehead atoms. The Morgan fingerprint density at radius 3 is 2.62 bits per heavy atom. The molecule has 0 radical (unpaired) electrons. The van der Waals surface area contributed by atoms with Crippen LogP contribution in [0.2, 0.25) is 0 Å². The molecule has 132 valence electrons. The van der Waals surface area contributed by atoms with E-state index in [1.165, 1.54) is 25.3 Å². The summed E-state index contributed by atoms with van der Waals surface area (Å²) in [4.78, 5) is 34.1. The highest BCUT2D eigenvalue weighted by Crippen LogP contribution is 2.25. The largest absolute Gasteiger partial charge is 0.383 e. The van der Waals surface area contributed by atoms with Gasteiger partial charge >= 0.3 is 0 Å². The predicted molar refractivity (Wildman–Crippen MR) is 89.1 cm³/mol. The summed E-state index contributed by atoms with van der Waals surface area (Å²) >= 11 is 0. The third-order valence-electron chi connectivity index (χ3n) is 3.06. The third kappa shape index (κ3) is 6.21. The molecular weight excluding hydrogens is 316 g/mol. The number of nitrogens with zero attached hydrogens (tertiary/aromatic N) is 1. The van der Waals surface area contributed by atoms with E-state index in [0.717, 1.165) is 6.42 Å². The lowest BCUT2D eigenvalue weighted by molar-refractivity contribution is -0.384. The van der Waals surface area contributed by atoms with Crippen LogP contribution in [-0.4, -0.2) is 50.1 Å². The molecule has 2 amide bonds. The van der Waals surface area contributed by atoms with Crippen LogP contribution in [0, 0.1) is 10.1 Å². The normalized spacial score (nSPS) is 10.1. The molecule has 1 rings (SSSR count). The van der Waals surface area contributed by atoms with Crippen LogP contribution in [0.1, 0.15) is 23.7 Å². The summed E-state index contributed by atoms with van der Waals surface area (Å²) in [6, 6.07) is 4.09. The van der Waals surface area contributed by atoms with Crippen LogP contribution in [-0.2, 0) is 9.53 Å². The molecule has 24 heavy (non-hydrogen) atoms. The molecule has 0 aliphatic rings. The Kier molecular flexibility index (Phi) is 8.20. The number of rotatable bonds is 10. The van der Waals surface area contributed by atoms with Crippen molar-refractivity contribution in [2.45, 2.75) is 13.3 Å². The Labute approximate surface area is 139 Å². The van der Waals surface area contributed by atoms with Crippen molar-refractivity contribution in [1.29, 1.82) is 0 Å². The number of hydrogen-bond acceptors (Lipinski definition) is 6. The van der Waals surface area contributed by atoms with Crippen molar-refractivity contribution in [3.05, 3.63) is 33.9 Å². The van der Waals surface area contributed by atoms with E-state index in [9.17, 15) is 19.7 Å². The van der Waals surface area contributed by atoms with E-state index >= 15 is 0 Å². The fourth-order valence-corrected chi connectivity index (χ4v) is 1.85. The Morgan fingerprint density at radius 1 is 1.25 bits per heavy atom. The van der Waals surface area contributed by atoms with E-state index < -0.39 is 10.8 Å². The second kappa shape index (κ2) is 10.2. The number of anilines is 1. The summed E-state index contributed by atoms with van der Waals surface area (Å²) in [5.41, 5.74) is 0.200. The summed E-state index contributed by atoms with van der Waals surface area (Å²) in [5, 5.41) is 19.1. The van der Waals surface area contributed by atoms with Gasteiger partial charge in [-0.05, 0) is 18.6 Å². The number of carbonyl (C=O) groups excluding carboxylic acids is 2. The van der Waals surface area contributed by atoms with Gasteiger partial charge in [0.15, 0.2) is 0 Å². The number of nitro groups is 1. The van der Waals surface area contributed by atoms with Gasteiger partial charge in [-0.15, -0.1) is 0 Å². The SMILES string of the molecule is CCCNC(=O)CNC(=O)c1ccc(NCCOC)c([N+](=O)[O-])c1. The van der Waals surface area contributed by atoms with Gasteiger partial charge in [-0.3, -0.25) is 19.7 Å². The lowest BCUT2D eigenvalue weighted by Crippen LogP contribution is -2.37. The van der Waals surface area contributed by atoms with Crippen molar-refractivity contribution < 1.29 is 19.2 Å². The van der Waals surface area contributed by atoms with Gasteiger partial charge in [0.2, 0.25) is 5.91 Å². The van der Waals surface area contributed by atoms with Crippen molar-refractivity contribution in [2.75, 3.05) is 38.7 Å². The molecule has 0 aromatic heterocycles. The molecule has 0 atom stereocenters. The molecule has 0 aliphatic carbocycles. The van der Waals surface area contributed by atoms with Crippen molar-refractivity contribution in [3.63, 3.8) is 0 Å². The van der Waals surface area contributed by atoms with E-state index in [1.807, 2.05) is 6.92 Å². The topological polar surface area (TPSA) is 123 Å². The number of ether oxygens (including phenoxy) is 1. The zero-order valence-corrected chi connectivity index (χ0v) is 13.8. The third-order valence-corrected chi connectivity index (χ3v) is 3.06. The molecule has 0 heterocycles. The first-order valence-corrected chi connectivity index (χ1v) is 7.55. The quantitative estimate of drug-likeness (QED) is 0.331. The fourth-order valence-electron chi connectivity index (χ4n) is 1.85. The lowest BCUT2D eigenvalue weighted by atomic mass is 10.1. The Balaban J connectivity index is 2.74. The summed E-state index contributed by atoms with van der Waals surface area (Å²) in [5.74, 6) is -0.856. The molecule has 0 fully saturated rings. The standard InChI is InChI=1S/C15H22N4O5/c1-3-6-17-14(20)10-18-15(21)11-4-5-12(16-7-8-24-2)13(9-11)19(22)23/h4-5,9,16H,3,6-8,10H2,1-2H3,(H,17,20)(H,18,21). The molecule has 0 saturated carbocycles. The first kappa shape index (κ1) is 19.4. The van der Waals surface area contributed by atoms with Gasteiger partial charge < -0.3 is 20.7 Å². The van der Waals surface area contributed by atoms with E-state index in [2.05, 4.69) is 16.0 Å². The van der Waals surface area contributed by atoms with Gasteiger partial charge in [0.1, 0.15) is 5.69 Å². The van der Waals surface area contributed by atoms with Crippen LogP contribution in [0.4, 0.5) is 11.4 Å². The number of carbonyl (C=O) groups is 2. The van der Waals surface area contributed by atoms with Gasteiger partial charge in [0, 0.05) is 31.8 Å². The molecule has 0 unspecified atom stereocenters. The zero-order valence-electron chi connectivity index (χ0n) is 13.8. The van der Waals surface area contributed by atoms with Crippen LogP contribution in [0.3, 0.4) is 0 Å². The monoisotopic (exact) mass is 338 g/mol. The van der Waals surface area contributed by atoms with Crippen molar-refractivity contribution in [2.24, 2.45) is 0 Å². The molecule has 0 spiro atoms. The number of nitro benzene ring substituents is 1. The summed E-state index contributed by atoms with van der Waals surface area (Å²) in [7, 11) is 1.53. The van der Waals surface area contributed by atoms with Crippen molar-refractivity contribution >= 4 is 23.2 Å². The molecular formula is C15H22N4O5. The molecule has 9 heteroatoms. The van der Waals surface area contributed by atoms with Gasteiger partial charge in [-0.1, -0.05) is 6.92 Å². The van der Waals surface area contributed by atoms with E-state index in [0.29, 0.717) is 25.4 Å². The smallest absolute Gasteiger partial charge is 0.293 e. The van der Waals surface area contributed by atoms with Gasteiger partial charge in [-0.2, -0.15) is 0 Å². The minimum absolute atomic E-state index is 0.113. The van der Waals surface area contributed by atoms with Crippen molar-refractivity contribution in [3.8, 4) is 0 Å². The van der Waals surface area contributed by atoms with E-state index in [1.54, 1.807) is 0 Å². The molecule has 3 N–H and O–H groups in total. The maximum Gasteiger partial charge on any atom is 0.293 e. The Hall–Kier alpha value is -2.68.